The number of hydrogen-bond acceptors (Lipinski definition) is 4. The SMILES string of the molecule is N#Cc1ccnc(C(=O)N[C@@H]2CCN(CC(F)(F)F)C2=O)c1. The van der Waals surface area contributed by atoms with E-state index in [-0.39, 0.29) is 24.2 Å². The van der Waals surface area contributed by atoms with E-state index in [1.54, 1.807) is 0 Å². The zero-order valence-electron chi connectivity index (χ0n) is 11.2. The molecule has 0 radical (unpaired) electrons. The second-order valence-corrected chi connectivity index (χ2v) is 4.73. The highest BCUT2D eigenvalue weighted by Gasteiger charge is 2.39. The van der Waals surface area contributed by atoms with Crippen molar-refractivity contribution in [1.82, 2.24) is 15.2 Å². The Morgan fingerprint density at radius 3 is 2.91 bits per heavy atom. The van der Waals surface area contributed by atoms with Gasteiger partial charge in [0.2, 0.25) is 5.91 Å². The van der Waals surface area contributed by atoms with Crippen molar-refractivity contribution in [2.45, 2.75) is 18.6 Å². The quantitative estimate of drug-likeness (QED) is 0.896. The topological polar surface area (TPSA) is 86.1 Å². The molecule has 0 aromatic carbocycles. The second-order valence-electron chi connectivity index (χ2n) is 4.73. The van der Waals surface area contributed by atoms with Gasteiger partial charge in [0, 0.05) is 12.7 Å². The number of halogens is 3. The van der Waals surface area contributed by atoms with Crippen LogP contribution in [0, 0.1) is 11.3 Å². The summed E-state index contributed by atoms with van der Waals surface area (Å²) in [4.78, 5) is 28.2. The molecule has 1 aliphatic heterocycles. The molecule has 1 aromatic rings. The highest BCUT2D eigenvalue weighted by Crippen LogP contribution is 2.21. The summed E-state index contributed by atoms with van der Waals surface area (Å²) in [5.74, 6) is -1.48. The minimum atomic E-state index is -4.47. The lowest BCUT2D eigenvalue weighted by Gasteiger charge is -2.18. The highest BCUT2D eigenvalue weighted by atomic mass is 19.4. The first-order chi connectivity index (χ1) is 10.3. The van der Waals surface area contributed by atoms with Gasteiger partial charge in [0.1, 0.15) is 18.3 Å². The molecule has 1 N–H and O–H groups in total. The standard InChI is InChI=1S/C13H11F3N4O2/c14-13(15,16)7-20-4-2-9(12(20)22)19-11(21)10-5-8(6-17)1-3-18-10/h1,3,5,9H,2,4,7H2,(H,19,21)/t9-/m1/s1. The molecule has 2 amide bonds. The van der Waals surface area contributed by atoms with Gasteiger partial charge in [-0.15, -0.1) is 0 Å². The zero-order chi connectivity index (χ0) is 16.3. The number of carbonyl (C=O) groups excluding carboxylic acids is 2. The third-order valence-corrected chi connectivity index (χ3v) is 3.09. The first kappa shape index (κ1) is 15.8. The van der Waals surface area contributed by atoms with E-state index >= 15 is 0 Å². The van der Waals surface area contributed by atoms with Gasteiger partial charge in [-0.1, -0.05) is 0 Å². The van der Waals surface area contributed by atoms with Crippen LogP contribution in [0.5, 0.6) is 0 Å². The summed E-state index contributed by atoms with van der Waals surface area (Å²) >= 11 is 0. The minimum absolute atomic E-state index is 0.0684. The van der Waals surface area contributed by atoms with E-state index < -0.39 is 30.6 Å². The molecule has 1 aromatic heterocycles. The third kappa shape index (κ3) is 3.72. The molecule has 22 heavy (non-hydrogen) atoms. The monoisotopic (exact) mass is 312 g/mol. The maximum Gasteiger partial charge on any atom is 0.406 e. The van der Waals surface area contributed by atoms with Gasteiger partial charge in [-0.25, -0.2) is 0 Å². The van der Waals surface area contributed by atoms with Gasteiger partial charge < -0.3 is 10.2 Å². The van der Waals surface area contributed by atoms with E-state index in [0.29, 0.717) is 4.90 Å². The predicted octanol–water partition coefficient (Wildman–Crippen LogP) is 0.846. The molecule has 0 unspecified atom stereocenters. The predicted molar refractivity (Wildman–Crippen MR) is 67.5 cm³/mol. The fourth-order valence-corrected chi connectivity index (χ4v) is 2.10. The molecule has 1 saturated heterocycles. The van der Waals surface area contributed by atoms with E-state index in [4.69, 9.17) is 5.26 Å². The Morgan fingerprint density at radius 1 is 1.55 bits per heavy atom. The van der Waals surface area contributed by atoms with Crippen LogP contribution >= 0.6 is 0 Å². The first-order valence-electron chi connectivity index (χ1n) is 6.33. The first-order valence-corrected chi connectivity index (χ1v) is 6.33. The number of carbonyl (C=O) groups is 2. The minimum Gasteiger partial charge on any atom is -0.339 e. The van der Waals surface area contributed by atoms with Crippen molar-refractivity contribution in [1.29, 1.82) is 5.26 Å². The number of likely N-dealkylation sites (tertiary alicyclic amines) is 1. The fraction of sp³-hybridized carbons (Fsp3) is 0.385. The second kappa shape index (κ2) is 6.01. The average Bonchev–Trinajstić information content (AvgIpc) is 2.78. The van der Waals surface area contributed by atoms with Crippen LogP contribution in [0.25, 0.3) is 0 Å². The smallest absolute Gasteiger partial charge is 0.339 e. The lowest BCUT2D eigenvalue weighted by Crippen LogP contribution is -2.44. The van der Waals surface area contributed by atoms with E-state index in [9.17, 15) is 22.8 Å². The number of nitriles is 1. The summed E-state index contributed by atoms with van der Waals surface area (Å²) in [5.41, 5.74) is 0.151. The molecule has 0 bridgehead atoms. The van der Waals surface area contributed by atoms with Crippen molar-refractivity contribution in [2.75, 3.05) is 13.1 Å². The Morgan fingerprint density at radius 2 is 2.27 bits per heavy atom. The molecule has 0 aliphatic carbocycles. The van der Waals surface area contributed by atoms with Crippen molar-refractivity contribution < 1.29 is 22.8 Å². The average molecular weight is 312 g/mol. The summed E-state index contributed by atoms with van der Waals surface area (Å²) in [6.07, 6.45) is -3.12. The van der Waals surface area contributed by atoms with Crippen molar-refractivity contribution in [3.63, 3.8) is 0 Å². The van der Waals surface area contributed by atoms with Crippen LogP contribution in [0.3, 0.4) is 0 Å². The van der Waals surface area contributed by atoms with Crippen LogP contribution in [-0.4, -0.2) is 47.0 Å². The number of nitrogens with one attached hydrogen (secondary N) is 1. The molecule has 6 nitrogen and oxygen atoms in total. The molecule has 9 heteroatoms. The van der Waals surface area contributed by atoms with Crippen molar-refractivity contribution in [3.05, 3.63) is 29.6 Å². The van der Waals surface area contributed by atoms with Crippen LogP contribution in [0.4, 0.5) is 13.2 Å². The number of amides is 2. The fourth-order valence-electron chi connectivity index (χ4n) is 2.10. The van der Waals surface area contributed by atoms with Crippen molar-refractivity contribution in [2.24, 2.45) is 0 Å². The molecule has 1 fully saturated rings. The van der Waals surface area contributed by atoms with E-state index in [0.717, 1.165) is 0 Å². The lowest BCUT2D eigenvalue weighted by molar-refractivity contribution is -0.157. The third-order valence-electron chi connectivity index (χ3n) is 3.09. The Balaban J connectivity index is 2.01. The van der Waals surface area contributed by atoms with E-state index in [1.165, 1.54) is 18.3 Å². The highest BCUT2D eigenvalue weighted by molar-refractivity contribution is 5.96. The van der Waals surface area contributed by atoms with Crippen molar-refractivity contribution in [3.8, 4) is 6.07 Å². The Bertz CT molecular complexity index is 639. The van der Waals surface area contributed by atoms with Gasteiger partial charge in [-0.2, -0.15) is 18.4 Å². The molecule has 0 spiro atoms. The molecule has 0 saturated carbocycles. The molecular weight excluding hydrogens is 301 g/mol. The van der Waals surface area contributed by atoms with Crippen LogP contribution in [0.1, 0.15) is 22.5 Å². The summed E-state index contributed by atoms with van der Waals surface area (Å²) in [5, 5.41) is 11.1. The van der Waals surface area contributed by atoms with E-state index in [2.05, 4.69) is 10.3 Å². The summed E-state index contributed by atoms with van der Waals surface area (Å²) in [6.45, 7) is -1.41. The molecule has 1 atom stereocenters. The molecule has 2 rings (SSSR count). The van der Waals surface area contributed by atoms with Gasteiger partial charge in [0.25, 0.3) is 5.91 Å². The van der Waals surface area contributed by atoms with Gasteiger partial charge in [-0.05, 0) is 18.6 Å². The number of rotatable bonds is 3. The molecule has 2 heterocycles. The lowest BCUT2D eigenvalue weighted by atomic mass is 10.2. The summed E-state index contributed by atoms with van der Waals surface area (Å²) < 4.78 is 36.9. The molecule has 116 valence electrons. The largest absolute Gasteiger partial charge is 0.406 e. The van der Waals surface area contributed by atoms with Crippen LogP contribution < -0.4 is 5.32 Å². The normalized spacial score (nSPS) is 18.2. The summed E-state index contributed by atoms with van der Waals surface area (Å²) in [7, 11) is 0. The maximum absolute atomic E-state index is 12.3. The maximum atomic E-state index is 12.3. The van der Waals surface area contributed by atoms with Crippen LogP contribution in [0.15, 0.2) is 18.3 Å². The Kier molecular flexibility index (Phi) is 4.30. The number of aromatic nitrogens is 1. The molecule has 1 aliphatic rings. The molecular formula is C13H11F3N4O2. The Hall–Kier alpha value is -2.63. The van der Waals surface area contributed by atoms with Gasteiger partial charge in [-0.3, -0.25) is 14.6 Å². The number of alkyl halides is 3. The van der Waals surface area contributed by atoms with Gasteiger partial charge in [0.05, 0.1) is 11.6 Å². The van der Waals surface area contributed by atoms with E-state index in [1.807, 2.05) is 6.07 Å². The number of pyridine rings is 1. The Labute approximate surface area is 123 Å². The van der Waals surface area contributed by atoms with Gasteiger partial charge >= 0.3 is 6.18 Å². The number of hydrogen-bond donors (Lipinski definition) is 1. The number of nitrogens with zero attached hydrogens (tertiary/aromatic N) is 3. The van der Waals surface area contributed by atoms with Crippen LogP contribution in [-0.2, 0) is 4.79 Å². The summed E-state index contributed by atoms with van der Waals surface area (Å²) in [6, 6.07) is 3.47. The zero-order valence-corrected chi connectivity index (χ0v) is 11.2. The van der Waals surface area contributed by atoms with Crippen LogP contribution in [0.2, 0.25) is 0 Å². The van der Waals surface area contributed by atoms with Gasteiger partial charge in [0.15, 0.2) is 0 Å². The van der Waals surface area contributed by atoms with Crippen molar-refractivity contribution >= 4 is 11.8 Å².